The fourth-order valence-electron chi connectivity index (χ4n) is 1.29. The van der Waals surface area contributed by atoms with Gasteiger partial charge in [-0.25, -0.2) is 9.86 Å². The van der Waals surface area contributed by atoms with E-state index in [2.05, 4.69) is 11.4 Å². The quantitative estimate of drug-likeness (QED) is 0.810. The van der Waals surface area contributed by atoms with Crippen molar-refractivity contribution in [3.63, 3.8) is 0 Å². The maximum atomic E-state index is 11.5. The summed E-state index contributed by atoms with van der Waals surface area (Å²) in [6.45, 7) is 0. The molecule has 0 aliphatic heterocycles. The minimum Gasteiger partial charge on any atom is -0.306 e. The van der Waals surface area contributed by atoms with Crippen LogP contribution in [-0.4, -0.2) is 25.3 Å². The second-order valence-electron chi connectivity index (χ2n) is 3.47. The molecule has 17 heavy (non-hydrogen) atoms. The third-order valence-corrected chi connectivity index (χ3v) is 2.26. The highest BCUT2D eigenvalue weighted by atomic mass is 16.7. The Morgan fingerprint density at radius 1 is 1.59 bits per heavy atom. The third kappa shape index (κ3) is 4.13. The van der Waals surface area contributed by atoms with Crippen LogP contribution in [0.4, 0.5) is 10.5 Å². The Hall–Kier alpha value is -2.06. The lowest BCUT2D eigenvalue weighted by Crippen LogP contribution is -2.30. The van der Waals surface area contributed by atoms with Crippen LogP contribution in [0.5, 0.6) is 0 Å². The van der Waals surface area contributed by atoms with Crippen molar-refractivity contribution in [2.45, 2.75) is 12.8 Å². The Balaban J connectivity index is 2.66. The number of nitriles is 1. The van der Waals surface area contributed by atoms with E-state index in [4.69, 9.17) is 10.1 Å². The molecule has 0 fully saturated rings. The monoisotopic (exact) mass is 233 g/mol. The van der Waals surface area contributed by atoms with Gasteiger partial charge in [-0.2, -0.15) is 5.26 Å². The topological polar surface area (TPSA) is 65.4 Å². The second-order valence-corrected chi connectivity index (χ2v) is 3.47. The molecule has 1 aromatic carbocycles. The highest BCUT2D eigenvalue weighted by molar-refractivity contribution is 5.88. The minimum absolute atomic E-state index is 0.343. The number of amides is 2. The van der Waals surface area contributed by atoms with Gasteiger partial charge in [0.05, 0.1) is 13.2 Å². The zero-order valence-electron chi connectivity index (χ0n) is 9.93. The number of hydrogen-bond donors (Lipinski definition) is 1. The molecular weight excluding hydrogens is 218 g/mol. The summed E-state index contributed by atoms with van der Waals surface area (Å²) in [5.41, 5.74) is 1.71. The summed E-state index contributed by atoms with van der Waals surface area (Å²) < 4.78 is 0. The summed E-state index contributed by atoms with van der Waals surface area (Å²) in [6, 6.07) is 9.15. The summed E-state index contributed by atoms with van der Waals surface area (Å²) in [5, 5.41) is 12.3. The van der Waals surface area contributed by atoms with Crippen LogP contribution in [-0.2, 0) is 11.3 Å². The SMILES string of the molecule is CON(C)C(=O)Nc1cccc(CCC#N)c1. The fourth-order valence-corrected chi connectivity index (χ4v) is 1.29. The highest BCUT2D eigenvalue weighted by Crippen LogP contribution is 2.12. The van der Waals surface area contributed by atoms with Crippen molar-refractivity contribution in [2.24, 2.45) is 0 Å². The van der Waals surface area contributed by atoms with E-state index in [1.54, 1.807) is 6.07 Å². The molecule has 0 aliphatic rings. The molecule has 0 unspecified atom stereocenters. The van der Waals surface area contributed by atoms with Gasteiger partial charge in [0.2, 0.25) is 0 Å². The van der Waals surface area contributed by atoms with Gasteiger partial charge in [-0.3, -0.25) is 4.84 Å². The van der Waals surface area contributed by atoms with Crippen LogP contribution >= 0.6 is 0 Å². The zero-order chi connectivity index (χ0) is 12.7. The van der Waals surface area contributed by atoms with Gasteiger partial charge in [0.25, 0.3) is 0 Å². The smallest absolute Gasteiger partial charge is 0.306 e. The maximum absolute atomic E-state index is 11.5. The lowest BCUT2D eigenvalue weighted by molar-refractivity contribution is -0.0598. The first kappa shape index (κ1) is 13.0. The van der Waals surface area contributed by atoms with Crippen LogP contribution in [0.15, 0.2) is 24.3 Å². The van der Waals surface area contributed by atoms with Gasteiger partial charge in [0.1, 0.15) is 0 Å². The van der Waals surface area contributed by atoms with Gasteiger partial charge < -0.3 is 5.32 Å². The van der Waals surface area contributed by atoms with E-state index in [0.717, 1.165) is 10.6 Å². The summed E-state index contributed by atoms with van der Waals surface area (Å²) in [4.78, 5) is 16.3. The lowest BCUT2D eigenvalue weighted by Gasteiger charge is -2.14. The molecule has 0 aliphatic carbocycles. The molecule has 1 N–H and O–H groups in total. The predicted octanol–water partition coefficient (Wildman–Crippen LogP) is 2.17. The summed E-state index contributed by atoms with van der Waals surface area (Å²) in [7, 11) is 2.94. The predicted molar refractivity (Wildman–Crippen MR) is 64.2 cm³/mol. The normalized spacial score (nSPS) is 9.47. The molecule has 1 aromatic rings. The first-order valence-corrected chi connectivity index (χ1v) is 5.22. The zero-order valence-corrected chi connectivity index (χ0v) is 9.93. The largest absolute Gasteiger partial charge is 0.345 e. The molecular formula is C12H15N3O2. The Kier molecular flexibility index (Phi) is 4.98. The molecule has 0 spiro atoms. The number of benzene rings is 1. The van der Waals surface area contributed by atoms with Crippen molar-refractivity contribution in [1.82, 2.24) is 5.06 Å². The minimum atomic E-state index is -0.343. The van der Waals surface area contributed by atoms with E-state index >= 15 is 0 Å². The van der Waals surface area contributed by atoms with Crippen molar-refractivity contribution < 1.29 is 9.63 Å². The van der Waals surface area contributed by atoms with Crippen molar-refractivity contribution in [3.8, 4) is 6.07 Å². The number of anilines is 1. The van der Waals surface area contributed by atoms with Crippen LogP contribution in [0.2, 0.25) is 0 Å². The highest BCUT2D eigenvalue weighted by Gasteiger charge is 2.07. The number of nitrogens with zero attached hydrogens (tertiary/aromatic N) is 2. The first-order chi connectivity index (χ1) is 8.17. The van der Waals surface area contributed by atoms with E-state index in [0.29, 0.717) is 18.5 Å². The number of carbonyl (C=O) groups excluding carboxylic acids is 1. The van der Waals surface area contributed by atoms with Crippen molar-refractivity contribution in [3.05, 3.63) is 29.8 Å². The van der Waals surface area contributed by atoms with Crippen LogP contribution in [0.25, 0.3) is 0 Å². The van der Waals surface area contributed by atoms with Crippen LogP contribution < -0.4 is 5.32 Å². The van der Waals surface area contributed by atoms with E-state index in [9.17, 15) is 4.79 Å². The van der Waals surface area contributed by atoms with Gasteiger partial charge in [0, 0.05) is 19.2 Å². The summed E-state index contributed by atoms with van der Waals surface area (Å²) >= 11 is 0. The number of rotatable bonds is 4. The fraction of sp³-hybridized carbons (Fsp3) is 0.333. The van der Waals surface area contributed by atoms with Gasteiger partial charge in [-0.05, 0) is 24.1 Å². The van der Waals surface area contributed by atoms with Crippen molar-refractivity contribution >= 4 is 11.7 Å². The molecule has 0 saturated carbocycles. The molecule has 0 bridgehead atoms. The molecule has 0 aromatic heterocycles. The third-order valence-electron chi connectivity index (χ3n) is 2.26. The summed E-state index contributed by atoms with van der Waals surface area (Å²) in [6.07, 6.45) is 1.15. The Bertz CT molecular complexity index is 426. The van der Waals surface area contributed by atoms with Crippen molar-refractivity contribution in [1.29, 1.82) is 5.26 Å². The average Bonchev–Trinajstić information content (AvgIpc) is 2.35. The van der Waals surface area contributed by atoms with Gasteiger partial charge in [-0.1, -0.05) is 12.1 Å². The second kappa shape index (κ2) is 6.51. The van der Waals surface area contributed by atoms with Crippen LogP contribution in [0.3, 0.4) is 0 Å². The molecule has 5 heteroatoms. The standard InChI is InChI=1S/C12H15N3O2/c1-15(17-2)12(16)14-11-7-3-5-10(9-11)6-4-8-13/h3,5,7,9H,4,6H2,1-2H3,(H,14,16). The molecule has 90 valence electrons. The van der Waals surface area contributed by atoms with Crippen molar-refractivity contribution in [2.75, 3.05) is 19.5 Å². The van der Waals surface area contributed by atoms with Crippen LogP contribution in [0, 0.1) is 11.3 Å². The Morgan fingerprint density at radius 3 is 3.00 bits per heavy atom. The number of carbonyl (C=O) groups is 1. The Morgan fingerprint density at radius 2 is 2.35 bits per heavy atom. The van der Waals surface area contributed by atoms with Gasteiger partial charge in [0.15, 0.2) is 0 Å². The molecule has 5 nitrogen and oxygen atoms in total. The average molecular weight is 233 g/mol. The number of aryl methyl sites for hydroxylation is 1. The molecule has 0 radical (unpaired) electrons. The molecule has 0 atom stereocenters. The maximum Gasteiger partial charge on any atom is 0.345 e. The van der Waals surface area contributed by atoms with Gasteiger partial charge >= 0.3 is 6.03 Å². The number of hydroxylamine groups is 2. The van der Waals surface area contributed by atoms with E-state index in [1.165, 1.54) is 14.2 Å². The molecule has 2 amide bonds. The number of urea groups is 1. The van der Waals surface area contributed by atoms with E-state index in [-0.39, 0.29) is 6.03 Å². The van der Waals surface area contributed by atoms with E-state index in [1.807, 2.05) is 18.2 Å². The van der Waals surface area contributed by atoms with Gasteiger partial charge in [-0.15, -0.1) is 0 Å². The first-order valence-electron chi connectivity index (χ1n) is 5.22. The number of nitrogens with one attached hydrogen (secondary N) is 1. The van der Waals surface area contributed by atoms with E-state index < -0.39 is 0 Å². The number of hydrogen-bond acceptors (Lipinski definition) is 3. The summed E-state index contributed by atoms with van der Waals surface area (Å²) in [5.74, 6) is 0. The lowest BCUT2D eigenvalue weighted by atomic mass is 10.1. The Labute approximate surface area is 101 Å². The van der Waals surface area contributed by atoms with Crippen LogP contribution in [0.1, 0.15) is 12.0 Å². The molecule has 1 rings (SSSR count). The molecule has 0 heterocycles. The molecule has 0 saturated heterocycles.